The second kappa shape index (κ2) is 7.42. The van der Waals surface area contributed by atoms with Gasteiger partial charge in [0, 0.05) is 48.7 Å². The quantitative estimate of drug-likeness (QED) is 0.747. The molecule has 1 aromatic carbocycles. The summed E-state index contributed by atoms with van der Waals surface area (Å²) in [6, 6.07) is 6.20. The molecule has 8 heteroatoms. The molecule has 3 N–H and O–H groups in total. The number of halogens is 1. The summed E-state index contributed by atoms with van der Waals surface area (Å²) in [7, 11) is 0. The fourth-order valence-corrected chi connectivity index (χ4v) is 3.90. The lowest BCUT2D eigenvalue weighted by Crippen LogP contribution is -2.44. The van der Waals surface area contributed by atoms with Crippen LogP contribution in [0.2, 0.25) is 5.02 Å². The zero-order valence-electron chi connectivity index (χ0n) is 14.4. The van der Waals surface area contributed by atoms with Crippen LogP contribution in [0.15, 0.2) is 22.6 Å². The highest BCUT2D eigenvalue weighted by atomic mass is 35.5. The van der Waals surface area contributed by atoms with E-state index >= 15 is 0 Å². The number of rotatable bonds is 4. The molecule has 4 rings (SSSR count). The van der Waals surface area contributed by atoms with Crippen molar-refractivity contribution < 1.29 is 14.3 Å². The number of oxazole rings is 1. The largest absolute Gasteiger partial charge is 0.423 e. The third kappa shape index (κ3) is 3.65. The second-order valence-electron chi connectivity index (χ2n) is 7.10. The normalized spacial score (nSPS) is 24.3. The Kier molecular flexibility index (Phi) is 5.02. The smallest absolute Gasteiger partial charge is 0.298 e. The minimum Gasteiger partial charge on any atom is -0.423 e. The fourth-order valence-electron chi connectivity index (χ4n) is 3.74. The molecular formula is C18H23ClN4O3. The lowest BCUT2D eigenvalue weighted by atomic mass is 9.95. The van der Waals surface area contributed by atoms with Crippen molar-refractivity contribution >= 4 is 34.6 Å². The van der Waals surface area contributed by atoms with Gasteiger partial charge >= 0.3 is 0 Å². The number of nitrogens with zero attached hydrogens (tertiary/aromatic N) is 2. The van der Waals surface area contributed by atoms with E-state index in [4.69, 9.17) is 21.1 Å². The second-order valence-corrected chi connectivity index (χ2v) is 7.54. The number of aliphatic hydroxyl groups excluding tert-OH is 1. The molecule has 2 aromatic rings. The highest BCUT2D eigenvalue weighted by Crippen LogP contribution is 2.28. The van der Waals surface area contributed by atoms with Gasteiger partial charge in [-0.3, -0.25) is 4.79 Å². The molecule has 3 heterocycles. The Morgan fingerprint density at radius 2 is 2.23 bits per heavy atom. The van der Waals surface area contributed by atoms with E-state index in [0.29, 0.717) is 16.6 Å². The monoisotopic (exact) mass is 378 g/mol. The first-order chi connectivity index (χ1) is 12.6. The molecule has 0 saturated carbocycles. The number of carbonyl (C=O) groups is 1. The molecule has 2 aliphatic rings. The first-order valence-electron chi connectivity index (χ1n) is 9.08. The molecule has 2 fully saturated rings. The van der Waals surface area contributed by atoms with Crippen molar-refractivity contribution in [3.63, 3.8) is 0 Å². The zero-order valence-corrected chi connectivity index (χ0v) is 15.2. The number of anilines is 1. The predicted molar refractivity (Wildman–Crippen MR) is 99.4 cm³/mol. The van der Waals surface area contributed by atoms with Crippen LogP contribution in [-0.4, -0.2) is 54.3 Å². The van der Waals surface area contributed by atoms with E-state index in [2.05, 4.69) is 20.5 Å². The van der Waals surface area contributed by atoms with Gasteiger partial charge in [-0.05, 0) is 31.4 Å². The molecule has 2 atom stereocenters. The predicted octanol–water partition coefficient (Wildman–Crippen LogP) is 1.54. The molecule has 2 aliphatic heterocycles. The number of carbonyl (C=O) groups excluding carboxylic acids is 1. The summed E-state index contributed by atoms with van der Waals surface area (Å²) >= 11 is 5.99. The number of aliphatic hydroxyl groups is 1. The first kappa shape index (κ1) is 17.6. The standard InChI is InChI=1S/C18H23ClN4O3/c19-12-1-2-15-16(7-12)26-18(22-15)23-5-3-11(4-6-23)17(25)21-13-8-14(10-24)20-9-13/h1-2,7,11,13-14,20,24H,3-6,8-10H2,(H,21,25)/t13-,14+/m0/s1. The van der Waals surface area contributed by atoms with Crippen LogP contribution < -0.4 is 15.5 Å². The number of amides is 1. The number of hydrogen-bond donors (Lipinski definition) is 3. The van der Waals surface area contributed by atoms with Crippen molar-refractivity contribution in [2.75, 3.05) is 31.1 Å². The van der Waals surface area contributed by atoms with Gasteiger partial charge in [-0.15, -0.1) is 0 Å². The van der Waals surface area contributed by atoms with Gasteiger partial charge in [0.25, 0.3) is 6.01 Å². The number of fused-ring (bicyclic) bond motifs is 1. The molecule has 0 radical (unpaired) electrons. The van der Waals surface area contributed by atoms with Gasteiger partial charge in [0.15, 0.2) is 5.58 Å². The van der Waals surface area contributed by atoms with E-state index in [1.165, 1.54) is 0 Å². The van der Waals surface area contributed by atoms with Crippen molar-refractivity contribution in [1.82, 2.24) is 15.6 Å². The maximum atomic E-state index is 12.5. The van der Waals surface area contributed by atoms with Crippen LogP contribution in [0.25, 0.3) is 11.1 Å². The molecule has 1 aromatic heterocycles. The van der Waals surface area contributed by atoms with E-state index in [1.54, 1.807) is 12.1 Å². The lowest BCUT2D eigenvalue weighted by Gasteiger charge is -2.30. The van der Waals surface area contributed by atoms with Gasteiger partial charge in [0.05, 0.1) is 6.61 Å². The summed E-state index contributed by atoms with van der Waals surface area (Å²) in [4.78, 5) is 19.1. The number of hydrogen-bond acceptors (Lipinski definition) is 6. The molecule has 0 bridgehead atoms. The van der Waals surface area contributed by atoms with E-state index in [-0.39, 0.29) is 30.5 Å². The van der Waals surface area contributed by atoms with Gasteiger partial charge in [-0.25, -0.2) is 0 Å². The Morgan fingerprint density at radius 1 is 1.42 bits per heavy atom. The van der Waals surface area contributed by atoms with Crippen LogP contribution in [0.4, 0.5) is 6.01 Å². The number of aromatic nitrogens is 1. The number of benzene rings is 1. The van der Waals surface area contributed by atoms with Crippen molar-refractivity contribution in [1.29, 1.82) is 0 Å². The Bertz CT molecular complexity index is 788. The third-order valence-electron chi connectivity index (χ3n) is 5.26. The number of piperidine rings is 1. The molecular weight excluding hydrogens is 356 g/mol. The Labute approximate surface area is 156 Å². The van der Waals surface area contributed by atoms with Gasteiger partial charge in [0.2, 0.25) is 5.91 Å². The molecule has 26 heavy (non-hydrogen) atoms. The van der Waals surface area contributed by atoms with Crippen LogP contribution in [0.1, 0.15) is 19.3 Å². The summed E-state index contributed by atoms with van der Waals surface area (Å²) in [5.41, 5.74) is 1.47. The van der Waals surface area contributed by atoms with E-state index in [1.807, 2.05) is 6.07 Å². The van der Waals surface area contributed by atoms with Gasteiger partial charge in [-0.2, -0.15) is 4.98 Å². The Balaban J connectivity index is 1.32. The minimum absolute atomic E-state index is 0.0123. The molecule has 7 nitrogen and oxygen atoms in total. The Morgan fingerprint density at radius 3 is 2.96 bits per heavy atom. The molecule has 2 saturated heterocycles. The maximum absolute atomic E-state index is 12.5. The van der Waals surface area contributed by atoms with Gasteiger partial charge in [-0.1, -0.05) is 11.6 Å². The van der Waals surface area contributed by atoms with E-state index < -0.39 is 0 Å². The average Bonchev–Trinajstić information content (AvgIpc) is 3.28. The topological polar surface area (TPSA) is 90.6 Å². The fraction of sp³-hybridized carbons (Fsp3) is 0.556. The van der Waals surface area contributed by atoms with Crippen molar-refractivity contribution in [3.8, 4) is 0 Å². The van der Waals surface area contributed by atoms with E-state index in [9.17, 15) is 4.79 Å². The number of nitrogens with one attached hydrogen (secondary N) is 2. The molecule has 0 aliphatic carbocycles. The molecule has 1 amide bonds. The first-order valence-corrected chi connectivity index (χ1v) is 9.46. The van der Waals surface area contributed by atoms with Crippen molar-refractivity contribution in [2.24, 2.45) is 5.92 Å². The third-order valence-corrected chi connectivity index (χ3v) is 5.50. The minimum atomic E-state index is 0.0123. The maximum Gasteiger partial charge on any atom is 0.298 e. The highest BCUT2D eigenvalue weighted by molar-refractivity contribution is 6.31. The summed E-state index contributed by atoms with van der Waals surface area (Å²) in [5.74, 6) is 0.123. The van der Waals surface area contributed by atoms with Crippen molar-refractivity contribution in [2.45, 2.75) is 31.3 Å². The summed E-state index contributed by atoms with van der Waals surface area (Å²) < 4.78 is 5.81. The van der Waals surface area contributed by atoms with Crippen LogP contribution in [-0.2, 0) is 4.79 Å². The van der Waals surface area contributed by atoms with Crippen LogP contribution in [0.3, 0.4) is 0 Å². The van der Waals surface area contributed by atoms with Crippen LogP contribution in [0.5, 0.6) is 0 Å². The van der Waals surface area contributed by atoms with Crippen LogP contribution >= 0.6 is 11.6 Å². The molecule has 140 valence electrons. The molecule has 0 spiro atoms. The van der Waals surface area contributed by atoms with E-state index in [0.717, 1.165) is 44.4 Å². The average molecular weight is 379 g/mol. The van der Waals surface area contributed by atoms with Crippen molar-refractivity contribution in [3.05, 3.63) is 23.2 Å². The Hall–Kier alpha value is -1.83. The SMILES string of the molecule is O=C(N[C@@H]1CN[C@@H](CO)C1)C1CCN(c2nc3ccc(Cl)cc3o2)CC1. The molecule has 0 unspecified atom stereocenters. The van der Waals surface area contributed by atoms with Crippen LogP contribution in [0, 0.1) is 5.92 Å². The lowest BCUT2D eigenvalue weighted by molar-refractivity contribution is -0.126. The highest BCUT2D eigenvalue weighted by Gasteiger charge is 2.30. The summed E-state index contributed by atoms with van der Waals surface area (Å²) in [6.45, 7) is 2.31. The van der Waals surface area contributed by atoms with Gasteiger partial charge < -0.3 is 25.1 Å². The summed E-state index contributed by atoms with van der Waals surface area (Å²) in [5, 5.41) is 16.1. The summed E-state index contributed by atoms with van der Waals surface area (Å²) in [6.07, 6.45) is 2.33. The zero-order chi connectivity index (χ0) is 18.1. The van der Waals surface area contributed by atoms with Gasteiger partial charge in [0.1, 0.15) is 5.52 Å².